The average Bonchev–Trinajstić information content (AvgIpc) is 3.11. The van der Waals surface area contributed by atoms with Crippen LogP contribution in [0.25, 0.3) is 6.08 Å². The van der Waals surface area contributed by atoms with E-state index in [9.17, 15) is 9.59 Å². The predicted octanol–water partition coefficient (Wildman–Crippen LogP) is 3.53. The highest BCUT2D eigenvalue weighted by Crippen LogP contribution is 2.38. The minimum atomic E-state index is -0.649. The smallest absolute Gasteiger partial charge is 0.331 e. The van der Waals surface area contributed by atoms with Crippen molar-refractivity contribution in [3.63, 3.8) is 0 Å². The second kappa shape index (κ2) is 9.32. The Morgan fingerprint density at radius 1 is 1.32 bits per heavy atom. The number of nitrogens with one attached hydrogen (secondary N) is 1. The second-order valence-electron chi connectivity index (χ2n) is 6.13. The predicted molar refractivity (Wildman–Crippen MR) is 102 cm³/mol. The zero-order valence-corrected chi connectivity index (χ0v) is 16.0. The summed E-state index contributed by atoms with van der Waals surface area (Å²) in [6, 6.07) is 6.56. The van der Waals surface area contributed by atoms with Gasteiger partial charge >= 0.3 is 5.97 Å². The number of esters is 1. The molecule has 0 bridgehead atoms. The van der Waals surface area contributed by atoms with Crippen LogP contribution in [0.5, 0.6) is 11.5 Å². The lowest BCUT2D eigenvalue weighted by Crippen LogP contribution is -2.30. The highest BCUT2D eigenvalue weighted by atomic mass is 35.5. The highest BCUT2D eigenvalue weighted by Gasteiger charge is 2.15. The lowest BCUT2D eigenvalue weighted by molar-refractivity contribution is -0.144. The van der Waals surface area contributed by atoms with E-state index in [1.54, 1.807) is 31.2 Å². The molecule has 1 aromatic heterocycles. The monoisotopic (exact) mass is 405 g/mol. The van der Waals surface area contributed by atoms with E-state index >= 15 is 0 Å². The topological polar surface area (TPSA) is 87.0 Å². The Balaban J connectivity index is 1.52. The van der Waals surface area contributed by atoms with Crippen molar-refractivity contribution in [1.29, 1.82) is 0 Å². The molecule has 0 unspecified atom stereocenters. The molecule has 148 valence electrons. The van der Waals surface area contributed by atoms with Gasteiger partial charge in [0.15, 0.2) is 18.1 Å². The molecule has 7 nitrogen and oxygen atoms in total. The fourth-order valence-corrected chi connectivity index (χ4v) is 2.86. The summed E-state index contributed by atoms with van der Waals surface area (Å²) in [6.07, 6.45) is 5.04. The quantitative estimate of drug-likeness (QED) is 0.584. The van der Waals surface area contributed by atoms with Crippen LogP contribution in [0, 0.1) is 0 Å². The number of hydrogen-bond acceptors (Lipinski definition) is 6. The molecule has 2 aromatic rings. The van der Waals surface area contributed by atoms with Crippen LogP contribution >= 0.6 is 11.6 Å². The maximum absolute atomic E-state index is 11.9. The van der Waals surface area contributed by atoms with Gasteiger partial charge in [-0.05, 0) is 42.8 Å². The molecule has 1 atom stereocenters. The maximum atomic E-state index is 11.9. The summed E-state index contributed by atoms with van der Waals surface area (Å²) >= 11 is 6.21. The summed E-state index contributed by atoms with van der Waals surface area (Å²) in [5, 5.41) is 3.08. The Hall–Kier alpha value is -2.93. The number of carbonyl (C=O) groups is 2. The number of fused-ring (bicyclic) bond motifs is 1. The van der Waals surface area contributed by atoms with Crippen LogP contribution in [0.1, 0.15) is 30.7 Å². The summed E-state index contributed by atoms with van der Waals surface area (Å²) in [7, 11) is 0. The van der Waals surface area contributed by atoms with Crippen LogP contribution in [0.4, 0.5) is 0 Å². The maximum Gasteiger partial charge on any atom is 0.331 e. The number of halogens is 1. The number of benzene rings is 1. The molecular weight excluding hydrogens is 386 g/mol. The Bertz CT molecular complexity index is 862. The van der Waals surface area contributed by atoms with Crippen LogP contribution in [-0.2, 0) is 14.3 Å². The summed E-state index contributed by atoms with van der Waals surface area (Å²) < 4.78 is 21.3. The van der Waals surface area contributed by atoms with Gasteiger partial charge in [-0.1, -0.05) is 11.6 Å². The normalized spacial score (nSPS) is 14.4. The first-order valence-corrected chi connectivity index (χ1v) is 9.17. The Labute approximate surface area is 167 Å². The molecule has 1 aromatic carbocycles. The second-order valence-corrected chi connectivity index (χ2v) is 6.53. The van der Waals surface area contributed by atoms with Gasteiger partial charge in [-0.25, -0.2) is 4.79 Å². The van der Waals surface area contributed by atoms with Gasteiger partial charge < -0.3 is 23.9 Å². The number of rotatable bonds is 6. The van der Waals surface area contributed by atoms with E-state index in [0.717, 1.165) is 6.42 Å². The van der Waals surface area contributed by atoms with Gasteiger partial charge in [0.05, 0.1) is 30.5 Å². The molecule has 8 heteroatoms. The Morgan fingerprint density at radius 3 is 2.93 bits per heavy atom. The van der Waals surface area contributed by atoms with Crippen molar-refractivity contribution in [2.75, 3.05) is 19.8 Å². The highest BCUT2D eigenvalue weighted by molar-refractivity contribution is 6.32. The van der Waals surface area contributed by atoms with E-state index in [1.165, 1.54) is 18.4 Å². The van der Waals surface area contributed by atoms with Crippen LogP contribution < -0.4 is 14.8 Å². The fourth-order valence-electron chi connectivity index (χ4n) is 2.59. The van der Waals surface area contributed by atoms with Gasteiger partial charge in [0.1, 0.15) is 5.76 Å². The number of hydrogen-bond donors (Lipinski definition) is 1. The Morgan fingerprint density at radius 2 is 2.14 bits per heavy atom. The van der Waals surface area contributed by atoms with Crippen molar-refractivity contribution >= 4 is 29.6 Å². The summed E-state index contributed by atoms with van der Waals surface area (Å²) in [5.74, 6) is 0.574. The van der Waals surface area contributed by atoms with E-state index in [-0.39, 0.29) is 6.04 Å². The molecule has 0 saturated carbocycles. The summed E-state index contributed by atoms with van der Waals surface area (Å²) in [6.45, 7) is 2.45. The molecule has 1 aliphatic rings. The van der Waals surface area contributed by atoms with Crippen LogP contribution in [-0.4, -0.2) is 31.7 Å². The van der Waals surface area contributed by atoms with Crippen molar-refractivity contribution in [2.45, 2.75) is 19.4 Å². The SMILES string of the molecule is C[C@H](NC(=O)COC(=O)/C=C/c1cc(Cl)c2c(c1)OCCCO2)c1ccco1. The minimum Gasteiger partial charge on any atom is -0.489 e. The molecule has 1 N–H and O–H groups in total. The lowest BCUT2D eigenvalue weighted by atomic mass is 10.2. The third-order valence-corrected chi connectivity index (χ3v) is 4.21. The molecule has 2 heterocycles. The molecule has 1 amide bonds. The van der Waals surface area contributed by atoms with Crippen molar-refractivity contribution < 1.29 is 28.2 Å². The molecule has 3 rings (SSSR count). The van der Waals surface area contributed by atoms with Crippen molar-refractivity contribution in [3.05, 3.63) is 53.0 Å². The first-order valence-electron chi connectivity index (χ1n) is 8.79. The standard InChI is InChI=1S/C20H20ClNO6/c1-13(16-4-2-7-25-16)22-18(23)12-28-19(24)6-5-14-10-15(21)20-17(11-14)26-8-3-9-27-20/h2,4-7,10-11,13H,3,8-9,12H2,1H3,(H,22,23)/b6-5+/t13-/m0/s1. The van der Waals surface area contributed by atoms with Gasteiger partial charge in [0.2, 0.25) is 0 Å². The first-order chi connectivity index (χ1) is 13.5. The van der Waals surface area contributed by atoms with E-state index in [4.69, 9.17) is 30.2 Å². The molecule has 0 spiro atoms. The first kappa shape index (κ1) is 19.8. The van der Waals surface area contributed by atoms with Crippen molar-refractivity contribution in [3.8, 4) is 11.5 Å². The van der Waals surface area contributed by atoms with Gasteiger partial charge in [-0.2, -0.15) is 0 Å². The molecule has 1 aliphatic heterocycles. The van der Waals surface area contributed by atoms with E-state index in [0.29, 0.717) is 41.1 Å². The minimum absolute atomic E-state index is 0.319. The van der Waals surface area contributed by atoms with Gasteiger partial charge in [-0.3, -0.25) is 4.79 Å². The van der Waals surface area contributed by atoms with Crippen LogP contribution in [0.2, 0.25) is 5.02 Å². The summed E-state index contributed by atoms with van der Waals surface area (Å²) in [5.41, 5.74) is 0.655. The van der Waals surface area contributed by atoms with Gasteiger partial charge in [-0.15, -0.1) is 0 Å². The van der Waals surface area contributed by atoms with E-state index in [1.807, 2.05) is 0 Å². The van der Waals surface area contributed by atoms with Gasteiger partial charge in [0, 0.05) is 12.5 Å². The lowest BCUT2D eigenvalue weighted by Gasteiger charge is -2.11. The fraction of sp³-hybridized carbons (Fsp3) is 0.300. The van der Waals surface area contributed by atoms with E-state index in [2.05, 4.69) is 5.32 Å². The van der Waals surface area contributed by atoms with Crippen LogP contribution in [0.3, 0.4) is 0 Å². The number of carbonyl (C=O) groups excluding carboxylic acids is 2. The number of ether oxygens (including phenoxy) is 3. The molecule has 0 fully saturated rings. The van der Waals surface area contributed by atoms with E-state index < -0.39 is 18.5 Å². The molecule has 28 heavy (non-hydrogen) atoms. The van der Waals surface area contributed by atoms with Crippen molar-refractivity contribution in [2.24, 2.45) is 0 Å². The third kappa shape index (κ3) is 5.29. The molecule has 0 radical (unpaired) electrons. The van der Waals surface area contributed by atoms with Crippen molar-refractivity contribution in [1.82, 2.24) is 5.32 Å². The zero-order chi connectivity index (χ0) is 19.9. The molecule has 0 aliphatic carbocycles. The Kier molecular flexibility index (Phi) is 6.60. The molecule has 0 saturated heterocycles. The molecular formula is C20H20ClNO6. The third-order valence-electron chi connectivity index (χ3n) is 3.93. The largest absolute Gasteiger partial charge is 0.489 e. The number of furan rings is 1. The zero-order valence-electron chi connectivity index (χ0n) is 15.3. The number of amides is 1. The van der Waals surface area contributed by atoms with Crippen LogP contribution in [0.15, 0.2) is 41.0 Å². The average molecular weight is 406 g/mol. The summed E-state index contributed by atoms with van der Waals surface area (Å²) in [4.78, 5) is 23.7. The van der Waals surface area contributed by atoms with Gasteiger partial charge in [0.25, 0.3) is 5.91 Å².